The average Bonchev–Trinajstić information content (AvgIpc) is 2.27. The first-order chi connectivity index (χ1) is 7.67. The standard InChI is InChI=1S/C10H9BrN2O3/c1-2-15-10(14)6-16-8-3-4-9(11)13-7(8)5-12/h3-4H,2,6H2,1H3. The first kappa shape index (κ1) is 12.5. The van der Waals surface area contributed by atoms with Crippen LogP contribution in [-0.2, 0) is 9.53 Å². The molecule has 0 saturated heterocycles. The Morgan fingerprint density at radius 2 is 2.38 bits per heavy atom. The number of nitriles is 1. The highest BCUT2D eigenvalue weighted by molar-refractivity contribution is 9.10. The molecule has 0 spiro atoms. The lowest BCUT2D eigenvalue weighted by Gasteiger charge is -2.06. The highest BCUT2D eigenvalue weighted by atomic mass is 79.9. The van der Waals surface area contributed by atoms with Crippen LogP contribution in [0.3, 0.4) is 0 Å². The second kappa shape index (κ2) is 6.08. The van der Waals surface area contributed by atoms with E-state index < -0.39 is 5.97 Å². The quantitative estimate of drug-likeness (QED) is 0.621. The van der Waals surface area contributed by atoms with E-state index >= 15 is 0 Å². The van der Waals surface area contributed by atoms with Gasteiger partial charge in [-0.3, -0.25) is 0 Å². The summed E-state index contributed by atoms with van der Waals surface area (Å²) >= 11 is 3.13. The molecule has 0 unspecified atom stereocenters. The number of nitrogens with zero attached hydrogens (tertiary/aromatic N) is 2. The molecule has 0 amide bonds. The summed E-state index contributed by atoms with van der Waals surface area (Å²) in [4.78, 5) is 14.9. The molecular weight excluding hydrogens is 276 g/mol. The fourth-order valence-electron chi connectivity index (χ4n) is 0.958. The van der Waals surface area contributed by atoms with Crippen LogP contribution >= 0.6 is 15.9 Å². The smallest absolute Gasteiger partial charge is 0.344 e. The van der Waals surface area contributed by atoms with Gasteiger partial charge < -0.3 is 9.47 Å². The van der Waals surface area contributed by atoms with Crippen LogP contribution in [0.5, 0.6) is 5.75 Å². The van der Waals surface area contributed by atoms with Gasteiger partial charge >= 0.3 is 5.97 Å². The molecule has 16 heavy (non-hydrogen) atoms. The van der Waals surface area contributed by atoms with Crippen molar-refractivity contribution in [3.05, 3.63) is 22.4 Å². The molecule has 0 aliphatic rings. The van der Waals surface area contributed by atoms with E-state index in [9.17, 15) is 4.79 Å². The summed E-state index contributed by atoms with van der Waals surface area (Å²) in [6.45, 7) is 1.78. The number of pyridine rings is 1. The van der Waals surface area contributed by atoms with Gasteiger partial charge in [0, 0.05) is 0 Å². The normalized spacial score (nSPS) is 9.31. The number of rotatable bonds is 4. The van der Waals surface area contributed by atoms with E-state index in [2.05, 4.69) is 25.7 Å². The summed E-state index contributed by atoms with van der Waals surface area (Å²) in [6, 6.07) is 5.06. The molecule has 84 valence electrons. The van der Waals surface area contributed by atoms with E-state index in [0.29, 0.717) is 11.2 Å². The SMILES string of the molecule is CCOC(=O)COc1ccc(Br)nc1C#N. The first-order valence-corrected chi connectivity index (χ1v) is 5.31. The van der Waals surface area contributed by atoms with Gasteiger partial charge in [0.15, 0.2) is 18.1 Å². The van der Waals surface area contributed by atoms with Gasteiger partial charge in [-0.1, -0.05) is 0 Å². The fraction of sp³-hybridized carbons (Fsp3) is 0.300. The number of carbonyl (C=O) groups excluding carboxylic acids is 1. The van der Waals surface area contributed by atoms with Crippen molar-refractivity contribution in [2.45, 2.75) is 6.92 Å². The van der Waals surface area contributed by atoms with Crippen LogP contribution in [0.4, 0.5) is 0 Å². The number of halogens is 1. The average molecular weight is 285 g/mol. The van der Waals surface area contributed by atoms with E-state index in [1.165, 1.54) is 0 Å². The highest BCUT2D eigenvalue weighted by Gasteiger charge is 2.08. The van der Waals surface area contributed by atoms with E-state index in [1.807, 2.05) is 6.07 Å². The van der Waals surface area contributed by atoms with E-state index in [-0.39, 0.29) is 18.1 Å². The molecule has 6 heteroatoms. The lowest BCUT2D eigenvalue weighted by atomic mass is 10.3. The minimum absolute atomic E-state index is 0.124. The number of carbonyl (C=O) groups is 1. The molecule has 0 N–H and O–H groups in total. The van der Waals surface area contributed by atoms with Gasteiger partial charge in [0.05, 0.1) is 6.61 Å². The van der Waals surface area contributed by atoms with Gasteiger partial charge in [-0.15, -0.1) is 0 Å². The highest BCUT2D eigenvalue weighted by Crippen LogP contribution is 2.18. The van der Waals surface area contributed by atoms with Gasteiger partial charge in [-0.2, -0.15) is 5.26 Å². The Bertz CT molecular complexity index is 429. The molecule has 0 aliphatic heterocycles. The van der Waals surface area contributed by atoms with Gasteiger partial charge in [0.25, 0.3) is 0 Å². The number of hydrogen-bond donors (Lipinski definition) is 0. The predicted octanol–water partition coefficient (Wildman–Crippen LogP) is 1.66. The van der Waals surface area contributed by atoms with Crippen molar-refractivity contribution >= 4 is 21.9 Å². The van der Waals surface area contributed by atoms with Crippen LogP contribution in [0.15, 0.2) is 16.7 Å². The number of hydrogen-bond acceptors (Lipinski definition) is 5. The number of aromatic nitrogens is 1. The zero-order valence-corrected chi connectivity index (χ0v) is 10.2. The van der Waals surface area contributed by atoms with Crippen molar-refractivity contribution in [1.29, 1.82) is 5.26 Å². The Balaban J connectivity index is 2.67. The number of ether oxygens (including phenoxy) is 2. The Hall–Kier alpha value is -1.61. The van der Waals surface area contributed by atoms with Crippen LogP contribution < -0.4 is 4.74 Å². The minimum atomic E-state index is -0.477. The molecule has 0 aromatic carbocycles. The maximum atomic E-state index is 11.0. The Morgan fingerprint density at radius 3 is 3.00 bits per heavy atom. The van der Waals surface area contributed by atoms with Crippen molar-refractivity contribution in [3.8, 4) is 11.8 Å². The Labute approximate surface area is 101 Å². The van der Waals surface area contributed by atoms with Crippen LogP contribution in [0, 0.1) is 11.3 Å². The van der Waals surface area contributed by atoms with Crippen molar-refractivity contribution in [3.63, 3.8) is 0 Å². The van der Waals surface area contributed by atoms with Crippen molar-refractivity contribution in [1.82, 2.24) is 4.98 Å². The maximum Gasteiger partial charge on any atom is 0.344 e. The van der Waals surface area contributed by atoms with Crippen molar-refractivity contribution in [2.75, 3.05) is 13.2 Å². The topological polar surface area (TPSA) is 72.2 Å². The summed E-state index contributed by atoms with van der Waals surface area (Å²) < 4.78 is 10.3. The third-order valence-corrected chi connectivity index (χ3v) is 2.02. The summed E-state index contributed by atoms with van der Waals surface area (Å²) in [5.74, 6) is -0.215. The maximum absolute atomic E-state index is 11.0. The summed E-state index contributed by atoms with van der Waals surface area (Å²) in [6.07, 6.45) is 0. The van der Waals surface area contributed by atoms with Gasteiger partial charge in [0.2, 0.25) is 0 Å². The second-order valence-corrected chi connectivity index (χ2v) is 3.50. The Morgan fingerprint density at radius 1 is 1.62 bits per heavy atom. The first-order valence-electron chi connectivity index (χ1n) is 4.52. The van der Waals surface area contributed by atoms with Gasteiger partial charge in [0.1, 0.15) is 10.7 Å². The lowest BCUT2D eigenvalue weighted by Crippen LogP contribution is -2.15. The van der Waals surface area contributed by atoms with Crippen LogP contribution in [0.2, 0.25) is 0 Å². The zero-order chi connectivity index (χ0) is 12.0. The molecule has 0 fully saturated rings. The van der Waals surface area contributed by atoms with Crippen molar-refractivity contribution in [2.24, 2.45) is 0 Å². The molecule has 0 atom stereocenters. The summed E-state index contributed by atoms with van der Waals surface area (Å²) in [7, 11) is 0. The van der Waals surface area contributed by atoms with Crippen LogP contribution in [-0.4, -0.2) is 24.2 Å². The molecule has 0 radical (unpaired) electrons. The largest absolute Gasteiger partial charge is 0.479 e. The van der Waals surface area contributed by atoms with Crippen LogP contribution in [0.1, 0.15) is 12.6 Å². The molecule has 5 nitrogen and oxygen atoms in total. The molecule has 1 rings (SSSR count). The second-order valence-electron chi connectivity index (χ2n) is 2.69. The number of esters is 1. The molecule has 0 bridgehead atoms. The molecule has 0 saturated carbocycles. The lowest BCUT2D eigenvalue weighted by molar-refractivity contribution is -0.145. The third kappa shape index (κ3) is 3.51. The molecule has 1 aromatic heterocycles. The molecular formula is C10H9BrN2O3. The molecule has 1 heterocycles. The monoisotopic (exact) mass is 284 g/mol. The minimum Gasteiger partial charge on any atom is -0.479 e. The van der Waals surface area contributed by atoms with Crippen LogP contribution in [0.25, 0.3) is 0 Å². The molecule has 1 aromatic rings. The zero-order valence-electron chi connectivity index (χ0n) is 8.57. The Kier molecular flexibility index (Phi) is 4.73. The third-order valence-electron chi connectivity index (χ3n) is 1.58. The van der Waals surface area contributed by atoms with Crippen molar-refractivity contribution < 1.29 is 14.3 Å². The predicted molar refractivity (Wildman–Crippen MR) is 58.8 cm³/mol. The summed E-state index contributed by atoms with van der Waals surface area (Å²) in [5.41, 5.74) is 0.124. The fourth-order valence-corrected chi connectivity index (χ4v) is 1.27. The summed E-state index contributed by atoms with van der Waals surface area (Å²) in [5, 5.41) is 8.78. The van der Waals surface area contributed by atoms with E-state index in [0.717, 1.165) is 0 Å². The van der Waals surface area contributed by atoms with E-state index in [4.69, 9.17) is 10.00 Å². The van der Waals surface area contributed by atoms with Gasteiger partial charge in [-0.05, 0) is 35.0 Å². The van der Waals surface area contributed by atoms with E-state index in [1.54, 1.807) is 19.1 Å². The molecule has 0 aliphatic carbocycles. The van der Waals surface area contributed by atoms with Gasteiger partial charge in [-0.25, -0.2) is 9.78 Å².